The smallest absolute Gasteiger partial charge is 0.228 e. The molecule has 3 rings (SSSR count). The van der Waals surface area contributed by atoms with Gasteiger partial charge < -0.3 is 5.32 Å². The van der Waals surface area contributed by atoms with E-state index in [1.54, 1.807) is 41.3 Å². The van der Waals surface area contributed by atoms with Crippen LogP contribution in [0.4, 0.5) is 5.69 Å². The monoisotopic (exact) mass is 339 g/mol. The number of sulfone groups is 1. The largest absolute Gasteiger partial charge is 0.324 e. The van der Waals surface area contributed by atoms with Crippen LogP contribution in [0.1, 0.15) is 6.42 Å². The zero-order valence-electron chi connectivity index (χ0n) is 11.6. The molecule has 1 aliphatic rings. The topological polar surface area (TPSA) is 81.1 Å². The van der Waals surface area contributed by atoms with Crippen LogP contribution in [0, 0.1) is 5.92 Å². The molecule has 0 bridgehead atoms. The lowest BCUT2D eigenvalue weighted by Gasteiger charge is -2.14. The van der Waals surface area contributed by atoms with E-state index in [4.69, 9.17) is 11.6 Å². The molecular formula is C14H14ClN3O3S. The SMILES string of the molecule is O=C(Nc1cccc(Cl)c1-n1cccn1)[C@@H]1CCS(=O)(=O)C1. The fraction of sp³-hybridized carbons (Fsp3) is 0.286. The molecule has 1 fully saturated rings. The minimum atomic E-state index is -3.10. The molecule has 6 nitrogen and oxygen atoms in total. The van der Waals surface area contributed by atoms with E-state index in [0.717, 1.165) is 0 Å². The Morgan fingerprint density at radius 2 is 2.18 bits per heavy atom. The maximum absolute atomic E-state index is 12.3. The summed E-state index contributed by atoms with van der Waals surface area (Å²) in [6.45, 7) is 0. The van der Waals surface area contributed by atoms with Crippen LogP contribution in [0.15, 0.2) is 36.7 Å². The summed E-state index contributed by atoms with van der Waals surface area (Å²) < 4.78 is 24.5. The van der Waals surface area contributed by atoms with Crippen LogP contribution in [-0.4, -0.2) is 35.6 Å². The number of carbonyl (C=O) groups excluding carboxylic acids is 1. The highest BCUT2D eigenvalue weighted by atomic mass is 35.5. The lowest BCUT2D eigenvalue weighted by Crippen LogP contribution is -2.24. The molecular weight excluding hydrogens is 326 g/mol. The summed E-state index contributed by atoms with van der Waals surface area (Å²) >= 11 is 6.20. The summed E-state index contributed by atoms with van der Waals surface area (Å²) in [7, 11) is -3.10. The van der Waals surface area contributed by atoms with E-state index in [-0.39, 0.29) is 17.4 Å². The van der Waals surface area contributed by atoms with Gasteiger partial charge in [0.05, 0.1) is 28.1 Å². The van der Waals surface area contributed by atoms with Gasteiger partial charge in [-0.05, 0) is 24.6 Å². The Bertz CT molecular complexity index is 803. The van der Waals surface area contributed by atoms with Gasteiger partial charge in [-0.2, -0.15) is 5.10 Å². The number of hydrogen-bond donors (Lipinski definition) is 1. The predicted molar refractivity (Wildman–Crippen MR) is 84.0 cm³/mol. The second kappa shape index (κ2) is 5.73. The van der Waals surface area contributed by atoms with Crippen LogP contribution < -0.4 is 5.32 Å². The number of nitrogens with zero attached hydrogens (tertiary/aromatic N) is 2. The van der Waals surface area contributed by atoms with E-state index in [1.807, 2.05) is 0 Å². The zero-order chi connectivity index (χ0) is 15.7. The van der Waals surface area contributed by atoms with E-state index < -0.39 is 15.8 Å². The van der Waals surface area contributed by atoms with Crippen molar-refractivity contribution in [1.29, 1.82) is 0 Å². The van der Waals surface area contributed by atoms with Crippen LogP contribution in [0.25, 0.3) is 5.69 Å². The van der Waals surface area contributed by atoms with Crippen molar-refractivity contribution < 1.29 is 13.2 Å². The Kier molecular flexibility index (Phi) is 3.92. The molecule has 1 aliphatic heterocycles. The number of carbonyl (C=O) groups is 1. The average Bonchev–Trinajstić information content (AvgIpc) is 3.08. The van der Waals surface area contributed by atoms with Crippen molar-refractivity contribution in [2.24, 2.45) is 5.92 Å². The number of rotatable bonds is 3. The first-order chi connectivity index (χ1) is 10.5. The Hall–Kier alpha value is -1.86. The van der Waals surface area contributed by atoms with Gasteiger partial charge in [0.1, 0.15) is 5.69 Å². The van der Waals surface area contributed by atoms with Gasteiger partial charge in [-0.25, -0.2) is 13.1 Å². The summed E-state index contributed by atoms with van der Waals surface area (Å²) in [5, 5.41) is 7.34. The number of halogens is 1. The maximum Gasteiger partial charge on any atom is 0.228 e. The molecule has 0 unspecified atom stereocenters. The molecule has 2 aromatic rings. The maximum atomic E-state index is 12.3. The lowest BCUT2D eigenvalue weighted by molar-refractivity contribution is -0.119. The first-order valence-electron chi connectivity index (χ1n) is 6.76. The molecule has 1 saturated heterocycles. The Balaban J connectivity index is 1.87. The minimum Gasteiger partial charge on any atom is -0.324 e. The van der Waals surface area contributed by atoms with Crippen molar-refractivity contribution in [3.63, 3.8) is 0 Å². The van der Waals surface area contributed by atoms with E-state index in [1.165, 1.54) is 0 Å². The van der Waals surface area contributed by atoms with Gasteiger partial charge in [-0.3, -0.25) is 4.79 Å². The third-order valence-corrected chi connectivity index (χ3v) is 5.65. The van der Waals surface area contributed by atoms with Gasteiger partial charge >= 0.3 is 0 Å². The molecule has 0 spiro atoms. The van der Waals surface area contributed by atoms with Crippen molar-refractivity contribution in [3.8, 4) is 5.69 Å². The predicted octanol–water partition coefficient (Wildman–Crippen LogP) is 1.90. The fourth-order valence-electron chi connectivity index (χ4n) is 2.49. The van der Waals surface area contributed by atoms with Gasteiger partial charge in [0.25, 0.3) is 0 Å². The molecule has 8 heteroatoms. The van der Waals surface area contributed by atoms with E-state index in [9.17, 15) is 13.2 Å². The normalized spacial score (nSPS) is 20.0. The third-order valence-electron chi connectivity index (χ3n) is 3.58. The number of nitrogens with one attached hydrogen (secondary N) is 1. The highest BCUT2D eigenvalue weighted by Gasteiger charge is 2.33. The van der Waals surface area contributed by atoms with Gasteiger partial charge in [-0.1, -0.05) is 17.7 Å². The van der Waals surface area contributed by atoms with E-state index in [0.29, 0.717) is 22.8 Å². The summed E-state index contributed by atoms with van der Waals surface area (Å²) in [5.74, 6) is -0.866. The van der Waals surface area contributed by atoms with E-state index >= 15 is 0 Å². The highest BCUT2D eigenvalue weighted by Crippen LogP contribution is 2.29. The second-order valence-electron chi connectivity index (χ2n) is 5.18. The minimum absolute atomic E-state index is 0.0621. The standard InChI is InChI=1S/C14H14ClN3O3S/c15-11-3-1-4-12(13(11)18-7-2-6-16-18)17-14(19)10-5-8-22(20,21)9-10/h1-4,6-7,10H,5,8-9H2,(H,17,19)/t10-/m1/s1. The number of para-hydroxylation sites is 1. The van der Waals surface area contributed by atoms with Crippen molar-refractivity contribution in [2.45, 2.75) is 6.42 Å². The lowest BCUT2D eigenvalue weighted by atomic mass is 10.1. The third kappa shape index (κ3) is 3.00. The second-order valence-corrected chi connectivity index (χ2v) is 7.81. The van der Waals surface area contributed by atoms with E-state index in [2.05, 4.69) is 10.4 Å². The summed E-state index contributed by atoms with van der Waals surface area (Å²) in [6, 6.07) is 6.88. The first-order valence-corrected chi connectivity index (χ1v) is 8.96. The molecule has 1 aromatic heterocycles. The molecule has 22 heavy (non-hydrogen) atoms. The highest BCUT2D eigenvalue weighted by molar-refractivity contribution is 7.91. The Morgan fingerprint density at radius 3 is 2.82 bits per heavy atom. The zero-order valence-corrected chi connectivity index (χ0v) is 13.1. The number of aromatic nitrogens is 2. The van der Waals surface area contributed by atoms with Crippen molar-refractivity contribution >= 4 is 33.0 Å². The molecule has 1 N–H and O–H groups in total. The Morgan fingerprint density at radius 1 is 1.36 bits per heavy atom. The van der Waals surface area contributed by atoms with Crippen molar-refractivity contribution in [1.82, 2.24) is 9.78 Å². The molecule has 0 saturated carbocycles. The van der Waals surface area contributed by atoms with Crippen LogP contribution >= 0.6 is 11.6 Å². The Labute approximate surface area is 133 Å². The molecule has 1 amide bonds. The van der Waals surface area contributed by atoms with Gasteiger partial charge in [-0.15, -0.1) is 0 Å². The quantitative estimate of drug-likeness (QED) is 0.926. The summed E-state index contributed by atoms with van der Waals surface area (Å²) in [6.07, 6.45) is 3.68. The van der Waals surface area contributed by atoms with Gasteiger partial charge in [0.2, 0.25) is 5.91 Å². The van der Waals surface area contributed by atoms with Crippen LogP contribution in [-0.2, 0) is 14.6 Å². The molecule has 1 aromatic carbocycles. The molecule has 2 heterocycles. The van der Waals surface area contributed by atoms with Gasteiger partial charge in [0.15, 0.2) is 9.84 Å². The van der Waals surface area contributed by atoms with Gasteiger partial charge in [0, 0.05) is 12.4 Å². The molecule has 1 atom stereocenters. The van der Waals surface area contributed by atoms with Crippen molar-refractivity contribution in [2.75, 3.05) is 16.8 Å². The van der Waals surface area contributed by atoms with Crippen LogP contribution in [0.5, 0.6) is 0 Å². The van der Waals surface area contributed by atoms with Crippen molar-refractivity contribution in [3.05, 3.63) is 41.7 Å². The number of benzene rings is 1. The average molecular weight is 340 g/mol. The first kappa shape index (κ1) is 15.1. The summed E-state index contributed by atoms with van der Waals surface area (Å²) in [4.78, 5) is 12.3. The summed E-state index contributed by atoms with van der Waals surface area (Å²) in [5.41, 5.74) is 1.06. The fourth-order valence-corrected chi connectivity index (χ4v) is 4.49. The molecule has 0 aliphatic carbocycles. The molecule has 0 radical (unpaired) electrons. The number of hydrogen-bond acceptors (Lipinski definition) is 4. The number of amides is 1. The molecule has 116 valence electrons. The van der Waals surface area contributed by atoms with Crippen LogP contribution in [0.2, 0.25) is 5.02 Å². The number of anilines is 1. The van der Waals surface area contributed by atoms with Crippen LogP contribution in [0.3, 0.4) is 0 Å².